The number of nitrogens with two attached hydrogens (primary N) is 1. The highest BCUT2D eigenvalue weighted by Crippen LogP contribution is 2.41. The molecule has 1 spiro atoms. The van der Waals surface area contributed by atoms with Crippen molar-refractivity contribution in [2.75, 3.05) is 20.2 Å². The summed E-state index contributed by atoms with van der Waals surface area (Å²) in [4.78, 5) is 41.3. The van der Waals surface area contributed by atoms with E-state index >= 15 is 0 Å². The molecule has 10 nitrogen and oxygen atoms in total. The summed E-state index contributed by atoms with van der Waals surface area (Å²) in [5.74, 6) is -0.148. The Bertz CT molecular complexity index is 897. The van der Waals surface area contributed by atoms with Crippen molar-refractivity contribution in [3.05, 3.63) is 29.8 Å². The minimum absolute atomic E-state index is 0.160. The van der Waals surface area contributed by atoms with E-state index < -0.39 is 41.3 Å². The zero-order chi connectivity index (χ0) is 24.6. The first kappa shape index (κ1) is 24.8. The average Bonchev–Trinajstić information content (AvgIpc) is 3.11. The van der Waals surface area contributed by atoms with E-state index in [-0.39, 0.29) is 12.5 Å². The molecule has 0 aliphatic carbocycles. The summed E-state index contributed by atoms with van der Waals surface area (Å²) in [6.45, 7) is 7.65. The Balaban J connectivity index is 1.78. The van der Waals surface area contributed by atoms with Crippen LogP contribution in [0.1, 0.15) is 39.7 Å². The summed E-state index contributed by atoms with van der Waals surface area (Å²) >= 11 is 0. The van der Waals surface area contributed by atoms with Crippen LogP contribution >= 0.6 is 0 Å². The predicted octanol–water partition coefficient (Wildman–Crippen LogP) is 0.610. The minimum atomic E-state index is -1.06. The lowest BCUT2D eigenvalue weighted by molar-refractivity contribution is -0.161. The van der Waals surface area contributed by atoms with Gasteiger partial charge in [-0.15, -0.1) is 0 Å². The Morgan fingerprint density at radius 1 is 1.30 bits per heavy atom. The molecule has 1 aromatic rings. The molecule has 1 aromatic carbocycles. The van der Waals surface area contributed by atoms with Crippen molar-refractivity contribution in [3.8, 4) is 5.75 Å². The van der Waals surface area contributed by atoms with E-state index in [1.807, 2.05) is 24.3 Å². The van der Waals surface area contributed by atoms with Gasteiger partial charge in [-0.25, -0.2) is 4.79 Å². The molecule has 3 rings (SSSR count). The molecule has 2 aliphatic rings. The Morgan fingerprint density at radius 3 is 2.42 bits per heavy atom. The fourth-order valence-electron chi connectivity index (χ4n) is 4.46. The second-order valence-corrected chi connectivity index (χ2v) is 9.82. The number of primary amides is 1. The highest BCUT2D eigenvalue weighted by molar-refractivity contribution is 5.96. The normalized spacial score (nSPS) is 24.4. The summed E-state index contributed by atoms with van der Waals surface area (Å²) in [5.41, 5.74) is 4.57. The van der Waals surface area contributed by atoms with Gasteiger partial charge in [-0.05, 0) is 51.8 Å². The molecule has 0 radical (unpaired) electrons. The third kappa shape index (κ3) is 5.22. The lowest BCUT2D eigenvalue weighted by Gasteiger charge is -2.50. The van der Waals surface area contributed by atoms with Crippen molar-refractivity contribution in [2.24, 2.45) is 5.73 Å². The molecular weight excluding hydrogens is 428 g/mol. The van der Waals surface area contributed by atoms with E-state index in [0.29, 0.717) is 19.5 Å². The number of nitrogens with one attached hydrogen (secondary N) is 1. The summed E-state index contributed by atoms with van der Waals surface area (Å²) in [5, 5.41) is 12.9. The second kappa shape index (κ2) is 9.18. The van der Waals surface area contributed by atoms with Gasteiger partial charge in [0, 0.05) is 19.1 Å². The SMILES string of the molecule is COc1ccc(CN2CC3(CC(NC(C(N)=O)C(C)O)CN3C(=O)OC(C)(C)C)C2=O)cc1. The standard InChI is InChI=1S/C23H34N4O6/c1-14(28)18(19(24)29)25-16-10-23(27(12-16)21(31)33-22(2,3)4)13-26(20(23)30)11-15-6-8-17(32-5)9-7-15/h6-9,14,16,18,25,28H,10-13H2,1-5H3,(H2,24,29). The van der Waals surface area contributed by atoms with Crippen molar-refractivity contribution in [3.63, 3.8) is 0 Å². The van der Waals surface area contributed by atoms with Crippen molar-refractivity contribution in [1.82, 2.24) is 15.1 Å². The van der Waals surface area contributed by atoms with Crippen molar-refractivity contribution < 1.29 is 29.0 Å². The monoisotopic (exact) mass is 462 g/mol. The van der Waals surface area contributed by atoms with E-state index in [0.717, 1.165) is 11.3 Å². The molecule has 2 heterocycles. The van der Waals surface area contributed by atoms with Gasteiger partial charge in [0.25, 0.3) is 5.91 Å². The quantitative estimate of drug-likeness (QED) is 0.506. The maximum absolute atomic E-state index is 13.4. The van der Waals surface area contributed by atoms with Crippen LogP contribution in [0.5, 0.6) is 5.75 Å². The Morgan fingerprint density at radius 2 is 1.94 bits per heavy atom. The van der Waals surface area contributed by atoms with Gasteiger partial charge in [-0.3, -0.25) is 19.8 Å². The van der Waals surface area contributed by atoms with E-state index in [1.165, 1.54) is 11.8 Å². The minimum Gasteiger partial charge on any atom is -0.497 e. The average molecular weight is 463 g/mol. The Hall–Kier alpha value is -2.85. The fourth-order valence-corrected chi connectivity index (χ4v) is 4.46. The zero-order valence-electron chi connectivity index (χ0n) is 19.8. The number of carbonyl (C=O) groups excluding carboxylic acids is 3. The Kier molecular flexibility index (Phi) is 6.90. The number of rotatable bonds is 7. The maximum Gasteiger partial charge on any atom is 0.411 e. The molecule has 0 bridgehead atoms. The fraction of sp³-hybridized carbons (Fsp3) is 0.609. The summed E-state index contributed by atoms with van der Waals surface area (Å²) < 4.78 is 10.7. The second-order valence-electron chi connectivity index (χ2n) is 9.82. The molecule has 4 unspecified atom stereocenters. The number of aliphatic hydroxyl groups excluding tert-OH is 1. The van der Waals surface area contributed by atoms with Gasteiger partial charge < -0.3 is 25.2 Å². The molecule has 10 heteroatoms. The van der Waals surface area contributed by atoms with Gasteiger partial charge in [0.05, 0.1) is 19.8 Å². The van der Waals surface area contributed by atoms with Crippen LogP contribution in [0.2, 0.25) is 0 Å². The van der Waals surface area contributed by atoms with E-state index in [9.17, 15) is 19.5 Å². The number of carbonyl (C=O) groups is 3. The molecule has 4 N–H and O–H groups in total. The van der Waals surface area contributed by atoms with Gasteiger partial charge in [0.1, 0.15) is 22.9 Å². The number of ether oxygens (including phenoxy) is 2. The Labute approximate surface area is 194 Å². The van der Waals surface area contributed by atoms with Crippen LogP contribution < -0.4 is 15.8 Å². The van der Waals surface area contributed by atoms with Crippen LogP contribution in [0.25, 0.3) is 0 Å². The molecule has 2 fully saturated rings. The number of hydrogen-bond acceptors (Lipinski definition) is 7. The lowest BCUT2D eigenvalue weighted by atomic mass is 9.84. The molecule has 0 aromatic heterocycles. The number of methoxy groups -OCH3 is 1. The first-order chi connectivity index (χ1) is 15.4. The highest BCUT2D eigenvalue weighted by Gasteiger charge is 2.63. The predicted molar refractivity (Wildman–Crippen MR) is 120 cm³/mol. The molecule has 3 amide bonds. The van der Waals surface area contributed by atoms with Crippen molar-refractivity contribution in [2.45, 2.75) is 70.0 Å². The largest absolute Gasteiger partial charge is 0.497 e. The van der Waals surface area contributed by atoms with Crippen molar-refractivity contribution >= 4 is 17.9 Å². The number of β-lactam (4-membered cyclic amide) rings is 1. The van der Waals surface area contributed by atoms with Crippen LogP contribution in [-0.2, 0) is 20.9 Å². The number of benzene rings is 1. The summed E-state index contributed by atoms with van der Waals surface area (Å²) in [6.07, 6.45) is -1.31. The topological polar surface area (TPSA) is 134 Å². The van der Waals surface area contributed by atoms with Crippen LogP contribution in [0.3, 0.4) is 0 Å². The summed E-state index contributed by atoms with van der Waals surface area (Å²) in [6, 6.07) is 6.05. The molecule has 4 atom stereocenters. The number of hydrogen-bond donors (Lipinski definition) is 3. The molecular formula is C23H34N4O6. The third-order valence-electron chi connectivity index (χ3n) is 5.99. The van der Waals surface area contributed by atoms with Crippen molar-refractivity contribution in [1.29, 1.82) is 0 Å². The van der Waals surface area contributed by atoms with Gasteiger partial charge in [-0.1, -0.05) is 12.1 Å². The first-order valence-corrected chi connectivity index (χ1v) is 11.0. The molecule has 0 saturated carbocycles. The molecule has 2 saturated heterocycles. The van der Waals surface area contributed by atoms with Gasteiger partial charge >= 0.3 is 6.09 Å². The number of likely N-dealkylation sites (tertiary alicyclic amines) is 2. The molecule has 33 heavy (non-hydrogen) atoms. The smallest absolute Gasteiger partial charge is 0.411 e. The van der Waals surface area contributed by atoms with Gasteiger partial charge in [-0.2, -0.15) is 0 Å². The third-order valence-corrected chi connectivity index (χ3v) is 5.99. The number of amides is 3. The maximum atomic E-state index is 13.4. The molecule has 182 valence electrons. The van der Waals surface area contributed by atoms with Gasteiger partial charge in [0.15, 0.2) is 0 Å². The first-order valence-electron chi connectivity index (χ1n) is 11.0. The summed E-state index contributed by atoms with van der Waals surface area (Å²) in [7, 11) is 1.59. The molecule has 2 aliphatic heterocycles. The van der Waals surface area contributed by atoms with E-state index in [4.69, 9.17) is 15.2 Å². The van der Waals surface area contributed by atoms with Crippen LogP contribution in [-0.4, -0.2) is 82.3 Å². The van der Waals surface area contributed by atoms with Crippen LogP contribution in [0, 0.1) is 0 Å². The van der Waals surface area contributed by atoms with Crippen LogP contribution in [0.4, 0.5) is 4.79 Å². The number of aliphatic hydroxyl groups is 1. The zero-order valence-corrected chi connectivity index (χ0v) is 19.8. The highest BCUT2D eigenvalue weighted by atomic mass is 16.6. The van der Waals surface area contributed by atoms with Gasteiger partial charge in [0.2, 0.25) is 5.91 Å². The van der Waals surface area contributed by atoms with E-state index in [2.05, 4.69) is 5.32 Å². The number of nitrogens with zero attached hydrogens (tertiary/aromatic N) is 2. The van der Waals surface area contributed by atoms with E-state index in [1.54, 1.807) is 32.8 Å². The van der Waals surface area contributed by atoms with Crippen LogP contribution in [0.15, 0.2) is 24.3 Å². The lowest BCUT2D eigenvalue weighted by Crippen LogP contribution is -2.72.